The maximum atomic E-state index is 5.32. The van der Waals surface area contributed by atoms with Gasteiger partial charge in [-0.25, -0.2) is 0 Å². The quantitative estimate of drug-likeness (QED) is 0.799. The molecule has 0 saturated heterocycles. The third kappa shape index (κ3) is 2.78. The Balaban J connectivity index is 2.26. The molecule has 0 aliphatic carbocycles. The minimum absolute atomic E-state index is 0.693. The van der Waals surface area contributed by atoms with Crippen molar-refractivity contribution in [3.05, 3.63) is 59.7 Å². The molecule has 2 heteroatoms. The molecule has 87 valence electrons. The van der Waals surface area contributed by atoms with E-state index in [2.05, 4.69) is 18.2 Å². The SMILES string of the molecule is COc1[c]c(OC)c(Cc2ccccc2)cc1. The van der Waals surface area contributed by atoms with E-state index < -0.39 is 0 Å². The summed E-state index contributed by atoms with van der Waals surface area (Å²) in [5.41, 5.74) is 2.36. The first kappa shape index (κ1) is 11.5. The maximum Gasteiger partial charge on any atom is 0.134 e. The third-order valence-electron chi connectivity index (χ3n) is 2.63. The molecule has 0 aromatic heterocycles. The molecule has 0 amide bonds. The van der Waals surface area contributed by atoms with Crippen LogP contribution in [0, 0.1) is 6.07 Å². The van der Waals surface area contributed by atoms with Crippen molar-refractivity contribution in [3.8, 4) is 11.5 Å². The van der Waals surface area contributed by atoms with Gasteiger partial charge in [0.2, 0.25) is 0 Å². The zero-order valence-corrected chi connectivity index (χ0v) is 10.1. The van der Waals surface area contributed by atoms with Crippen LogP contribution in [0.15, 0.2) is 42.5 Å². The van der Waals surface area contributed by atoms with Gasteiger partial charge in [0.15, 0.2) is 0 Å². The lowest BCUT2D eigenvalue weighted by Gasteiger charge is -2.09. The van der Waals surface area contributed by atoms with Crippen LogP contribution in [-0.4, -0.2) is 14.2 Å². The van der Waals surface area contributed by atoms with Crippen LogP contribution in [-0.2, 0) is 6.42 Å². The van der Waals surface area contributed by atoms with Crippen LogP contribution >= 0.6 is 0 Å². The van der Waals surface area contributed by atoms with E-state index in [4.69, 9.17) is 9.47 Å². The highest BCUT2D eigenvalue weighted by molar-refractivity contribution is 5.41. The van der Waals surface area contributed by atoms with Crippen molar-refractivity contribution < 1.29 is 9.47 Å². The minimum Gasteiger partial charge on any atom is -0.496 e. The van der Waals surface area contributed by atoms with Crippen LogP contribution in [0.4, 0.5) is 0 Å². The Hall–Kier alpha value is -1.96. The number of hydrogen-bond acceptors (Lipinski definition) is 2. The molecule has 0 atom stereocenters. The Morgan fingerprint density at radius 3 is 2.35 bits per heavy atom. The summed E-state index contributed by atoms with van der Waals surface area (Å²) in [5, 5.41) is 0. The van der Waals surface area contributed by atoms with Gasteiger partial charge < -0.3 is 9.47 Å². The summed E-state index contributed by atoms with van der Waals surface area (Å²) in [6.07, 6.45) is 0.838. The van der Waals surface area contributed by atoms with Crippen molar-refractivity contribution in [3.63, 3.8) is 0 Å². The predicted octanol–water partition coefficient (Wildman–Crippen LogP) is 3.09. The summed E-state index contributed by atoms with van der Waals surface area (Å²) in [4.78, 5) is 0. The van der Waals surface area contributed by atoms with E-state index in [0.717, 1.165) is 17.7 Å². The van der Waals surface area contributed by atoms with Crippen molar-refractivity contribution >= 4 is 0 Å². The Morgan fingerprint density at radius 1 is 0.941 bits per heavy atom. The van der Waals surface area contributed by atoms with Crippen LogP contribution in [0.1, 0.15) is 11.1 Å². The molecule has 0 saturated carbocycles. The van der Waals surface area contributed by atoms with Gasteiger partial charge in [-0.15, -0.1) is 0 Å². The van der Waals surface area contributed by atoms with Gasteiger partial charge in [-0.3, -0.25) is 0 Å². The largest absolute Gasteiger partial charge is 0.496 e. The van der Waals surface area contributed by atoms with E-state index >= 15 is 0 Å². The van der Waals surface area contributed by atoms with E-state index in [1.54, 1.807) is 14.2 Å². The summed E-state index contributed by atoms with van der Waals surface area (Å²) in [6.45, 7) is 0. The lowest BCUT2D eigenvalue weighted by molar-refractivity contribution is 0.390. The first-order valence-electron chi connectivity index (χ1n) is 5.50. The molecule has 2 aromatic rings. The maximum absolute atomic E-state index is 5.32. The van der Waals surface area contributed by atoms with Gasteiger partial charge >= 0.3 is 0 Å². The lowest BCUT2D eigenvalue weighted by atomic mass is 10.0. The number of rotatable bonds is 4. The molecule has 1 radical (unpaired) electrons. The molecule has 0 unspecified atom stereocenters. The van der Waals surface area contributed by atoms with Crippen LogP contribution < -0.4 is 9.47 Å². The minimum atomic E-state index is 0.693. The molecule has 2 rings (SSSR count). The van der Waals surface area contributed by atoms with Crippen LogP contribution in [0.25, 0.3) is 0 Å². The second kappa shape index (κ2) is 5.39. The smallest absolute Gasteiger partial charge is 0.134 e. The van der Waals surface area contributed by atoms with Crippen molar-refractivity contribution in [1.29, 1.82) is 0 Å². The standard InChI is InChI=1S/C15H15O2/c1-16-14-9-8-13(15(11-14)17-2)10-12-6-4-3-5-7-12/h3-9H,10H2,1-2H3. The first-order valence-corrected chi connectivity index (χ1v) is 5.50. The predicted molar refractivity (Wildman–Crippen MR) is 67.6 cm³/mol. The van der Waals surface area contributed by atoms with E-state index in [9.17, 15) is 0 Å². The number of ether oxygens (including phenoxy) is 2. The molecule has 0 bridgehead atoms. The Labute approximate surface area is 102 Å². The fourth-order valence-electron chi connectivity index (χ4n) is 1.74. The number of hydrogen-bond donors (Lipinski definition) is 0. The monoisotopic (exact) mass is 227 g/mol. The van der Waals surface area contributed by atoms with Gasteiger partial charge in [0.25, 0.3) is 0 Å². The zero-order chi connectivity index (χ0) is 12.1. The Bertz CT molecular complexity index is 478. The molecule has 2 nitrogen and oxygen atoms in total. The highest BCUT2D eigenvalue weighted by Gasteiger charge is 2.06. The average Bonchev–Trinajstić information content (AvgIpc) is 2.40. The highest BCUT2D eigenvalue weighted by Crippen LogP contribution is 2.25. The van der Waals surface area contributed by atoms with E-state index in [0.29, 0.717) is 5.75 Å². The van der Waals surface area contributed by atoms with Gasteiger partial charge in [-0.2, -0.15) is 0 Å². The summed E-state index contributed by atoms with van der Waals surface area (Å²) >= 11 is 0. The lowest BCUT2D eigenvalue weighted by Crippen LogP contribution is -1.95. The van der Waals surface area contributed by atoms with E-state index in [1.165, 1.54) is 5.56 Å². The van der Waals surface area contributed by atoms with Crippen molar-refractivity contribution in [2.75, 3.05) is 14.2 Å². The molecular formula is C15H15O2. The normalized spacial score (nSPS) is 10.0. The fourth-order valence-corrected chi connectivity index (χ4v) is 1.74. The van der Waals surface area contributed by atoms with Gasteiger partial charge in [-0.1, -0.05) is 36.4 Å². The van der Waals surface area contributed by atoms with Crippen molar-refractivity contribution in [2.45, 2.75) is 6.42 Å². The van der Waals surface area contributed by atoms with Crippen molar-refractivity contribution in [2.24, 2.45) is 0 Å². The molecule has 17 heavy (non-hydrogen) atoms. The summed E-state index contributed by atoms with van der Waals surface area (Å²) < 4.78 is 10.5. The fraction of sp³-hybridized carbons (Fsp3) is 0.200. The highest BCUT2D eigenvalue weighted by atomic mass is 16.5. The molecule has 0 aliphatic rings. The first-order chi connectivity index (χ1) is 8.33. The zero-order valence-electron chi connectivity index (χ0n) is 10.1. The second-order valence-corrected chi connectivity index (χ2v) is 3.75. The summed E-state index contributed by atoms with van der Waals surface area (Å²) in [7, 11) is 3.28. The molecule has 0 heterocycles. The van der Waals surface area contributed by atoms with Crippen LogP contribution in [0.3, 0.4) is 0 Å². The van der Waals surface area contributed by atoms with Gasteiger partial charge in [-0.05, 0) is 17.2 Å². The summed E-state index contributed by atoms with van der Waals surface area (Å²) in [6, 6.07) is 17.3. The Morgan fingerprint density at radius 2 is 1.71 bits per heavy atom. The van der Waals surface area contributed by atoms with Gasteiger partial charge in [0.05, 0.1) is 20.3 Å². The van der Waals surface area contributed by atoms with Crippen LogP contribution in [0.2, 0.25) is 0 Å². The molecule has 0 spiro atoms. The molecule has 2 aromatic carbocycles. The van der Waals surface area contributed by atoms with Gasteiger partial charge in [0.1, 0.15) is 11.5 Å². The van der Waals surface area contributed by atoms with Crippen molar-refractivity contribution in [1.82, 2.24) is 0 Å². The second-order valence-electron chi connectivity index (χ2n) is 3.75. The number of methoxy groups -OCH3 is 2. The summed E-state index contributed by atoms with van der Waals surface area (Å²) in [5.74, 6) is 1.44. The molecule has 0 aliphatic heterocycles. The average molecular weight is 227 g/mol. The molecular weight excluding hydrogens is 212 g/mol. The molecule has 0 fully saturated rings. The topological polar surface area (TPSA) is 18.5 Å². The number of benzene rings is 2. The van der Waals surface area contributed by atoms with E-state index in [-0.39, 0.29) is 0 Å². The van der Waals surface area contributed by atoms with Gasteiger partial charge in [0, 0.05) is 6.42 Å². The molecule has 0 N–H and O–H groups in total. The Kier molecular flexibility index (Phi) is 3.66. The third-order valence-corrected chi connectivity index (χ3v) is 2.63. The van der Waals surface area contributed by atoms with Crippen LogP contribution in [0.5, 0.6) is 11.5 Å². The van der Waals surface area contributed by atoms with E-state index in [1.807, 2.05) is 30.3 Å².